The highest BCUT2D eigenvalue weighted by Crippen LogP contribution is 2.61. The number of benzene rings is 2. The lowest BCUT2D eigenvalue weighted by Crippen LogP contribution is -2.55. The van der Waals surface area contributed by atoms with Gasteiger partial charge in [-0.15, -0.1) is 5.54 Å². The van der Waals surface area contributed by atoms with Crippen LogP contribution >= 0.6 is 0 Å². The Morgan fingerprint density at radius 2 is 1.77 bits per heavy atom. The lowest BCUT2D eigenvalue weighted by atomic mass is 9.88. The Kier molecular flexibility index (Phi) is 10.6. The van der Waals surface area contributed by atoms with E-state index in [2.05, 4.69) is 69.4 Å². The van der Waals surface area contributed by atoms with Crippen LogP contribution in [0.5, 0.6) is 11.8 Å². The minimum absolute atomic E-state index is 0.0190. The Morgan fingerprint density at radius 1 is 1.05 bits per heavy atom. The summed E-state index contributed by atoms with van der Waals surface area (Å²) in [5, 5.41) is 12.1. The molecule has 1 saturated carbocycles. The fourth-order valence-corrected chi connectivity index (χ4v) is 17.2. The lowest BCUT2D eigenvalue weighted by Gasteiger charge is -2.40. The number of ether oxygens (including phenoxy) is 3. The average Bonchev–Trinajstić information content (AvgIpc) is 3.70. The number of piperazine rings is 1. The third-order valence-electron chi connectivity index (χ3n) is 14.8. The first kappa shape index (κ1) is 41.6. The average molecular weight is 847 g/mol. The summed E-state index contributed by atoms with van der Waals surface area (Å²) in [5.74, 6) is 4.06. The molecule has 2 aromatic carbocycles. The van der Waals surface area contributed by atoms with Crippen molar-refractivity contribution in [1.82, 2.24) is 24.8 Å². The van der Waals surface area contributed by atoms with Crippen LogP contribution in [0, 0.1) is 22.7 Å². The second-order valence-corrected chi connectivity index (χ2v) is 25.1. The molecule has 2 aromatic heterocycles. The summed E-state index contributed by atoms with van der Waals surface area (Å²) in [5.41, 5.74) is 8.11. The molecule has 61 heavy (non-hydrogen) atoms. The third-order valence-corrected chi connectivity index (χ3v) is 21.1. The summed E-state index contributed by atoms with van der Waals surface area (Å²) < 4.78 is 35.7. The molecule has 6 heterocycles. The molecule has 2 bridgehead atoms. The zero-order valence-corrected chi connectivity index (χ0v) is 37.7. The number of fused-ring (bicyclic) bond motifs is 5. The number of pyridine rings is 1. The fourth-order valence-electron chi connectivity index (χ4n) is 11.9. The van der Waals surface area contributed by atoms with Gasteiger partial charge in [0.25, 0.3) is 0 Å². The summed E-state index contributed by atoms with van der Waals surface area (Å²) in [7, 11) is -0.557. The SMILES string of the molecule is C=C1CN2CC3(CC3)CC2(COc2nc(N3C[C@H]4CC[C@@H](C3)N4C(=O)O)c3cnc(-c4cc(OCOC)cc5cccc(C#C[Si](C(C)C)(C(C)C)C(C)C)c45)c(F)c3n2)C1. The van der Waals surface area contributed by atoms with Gasteiger partial charge in [-0.1, -0.05) is 71.7 Å². The number of aromatic nitrogens is 3. The van der Waals surface area contributed by atoms with E-state index in [1.165, 1.54) is 18.4 Å². The van der Waals surface area contributed by atoms with Crippen molar-refractivity contribution in [3.63, 3.8) is 0 Å². The largest absolute Gasteiger partial charge is 0.468 e. The van der Waals surface area contributed by atoms with Crippen LogP contribution in [0.4, 0.5) is 15.0 Å². The van der Waals surface area contributed by atoms with E-state index in [4.69, 9.17) is 29.2 Å². The zero-order chi connectivity index (χ0) is 43.0. The molecule has 9 rings (SSSR count). The van der Waals surface area contributed by atoms with Crippen molar-refractivity contribution < 1.29 is 28.5 Å². The lowest BCUT2D eigenvalue weighted by molar-refractivity contribution is 0.0512. The first-order chi connectivity index (χ1) is 29.2. The number of nitrogens with zero attached hydrogens (tertiary/aromatic N) is 6. The molecule has 1 unspecified atom stereocenters. The number of hydrogen-bond donors (Lipinski definition) is 1. The van der Waals surface area contributed by atoms with Gasteiger partial charge in [-0.2, -0.15) is 9.97 Å². The molecule has 322 valence electrons. The highest BCUT2D eigenvalue weighted by atomic mass is 28.3. The van der Waals surface area contributed by atoms with Crippen molar-refractivity contribution in [1.29, 1.82) is 0 Å². The number of halogens is 1. The van der Waals surface area contributed by atoms with E-state index in [0.29, 0.717) is 64.3 Å². The molecule has 5 fully saturated rings. The van der Waals surface area contributed by atoms with E-state index in [-0.39, 0.29) is 41.6 Å². The predicted octanol–water partition coefficient (Wildman–Crippen LogP) is 9.43. The van der Waals surface area contributed by atoms with Crippen LogP contribution in [0.25, 0.3) is 32.9 Å². The second-order valence-electron chi connectivity index (χ2n) is 19.5. The quantitative estimate of drug-likeness (QED) is 0.0678. The Morgan fingerprint density at radius 3 is 2.43 bits per heavy atom. The molecular weight excluding hydrogens is 788 g/mol. The van der Waals surface area contributed by atoms with E-state index in [0.717, 1.165) is 55.1 Å². The number of carboxylic acid groups (broad SMARTS) is 1. The number of rotatable bonds is 11. The molecule has 13 heteroatoms. The molecule has 1 N–H and O–H groups in total. The molecule has 3 atom stereocenters. The zero-order valence-electron chi connectivity index (χ0n) is 36.7. The molecule has 4 aliphatic heterocycles. The van der Waals surface area contributed by atoms with Gasteiger partial charge in [0.2, 0.25) is 0 Å². The normalized spacial score (nSPS) is 23.2. The summed E-state index contributed by atoms with van der Waals surface area (Å²) in [6.45, 7) is 21.3. The maximum atomic E-state index is 17.8. The maximum absolute atomic E-state index is 17.8. The molecule has 1 aliphatic carbocycles. The molecular formula is C48H59FN6O5Si. The maximum Gasteiger partial charge on any atom is 0.407 e. The number of amides is 1. The molecule has 11 nitrogen and oxygen atoms in total. The number of hydrogen-bond acceptors (Lipinski definition) is 9. The van der Waals surface area contributed by atoms with E-state index in [9.17, 15) is 9.90 Å². The van der Waals surface area contributed by atoms with Crippen LogP contribution in [0.15, 0.2) is 48.7 Å². The van der Waals surface area contributed by atoms with Gasteiger partial charge in [-0.05, 0) is 84.1 Å². The van der Waals surface area contributed by atoms with Crippen LogP contribution in [0.3, 0.4) is 0 Å². The molecule has 1 amide bonds. The number of carbonyl (C=O) groups is 1. The van der Waals surface area contributed by atoms with E-state index < -0.39 is 20.0 Å². The minimum atomic E-state index is -2.12. The van der Waals surface area contributed by atoms with Crippen LogP contribution in [-0.4, -0.2) is 108 Å². The van der Waals surface area contributed by atoms with E-state index in [1.54, 1.807) is 18.2 Å². The van der Waals surface area contributed by atoms with Gasteiger partial charge in [-0.25, -0.2) is 9.18 Å². The third kappa shape index (κ3) is 7.12. The van der Waals surface area contributed by atoms with Crippen LogP contribution in [-0.2, 0) is 4.74 Å². The Bertz CT molecular complexity index is 2440. The van der Waals surface area contributed by atoms with Crippen molar-refractivity contribution in [2.75, 3.05) is 51.6 Å². The van der Waals surface area contributed by atoms with Gasteiger partial charge in [0, 0.05) is 56.0 Å². The smallest absolute Gasteiger partial charge is 0.407 e. The van der Waals surface area contributed by atoms with Crippen molar-refractivity contribution in [2.45, 2.75) is 114 Å². The molecule has 0 radical (unpaired) electrons. The van der Waals surface area contributed by atoms with Crippen LogP contribution < -0.4 is 14.4 Å². The topological polar surface area (TPSA) is 113 Å². The van der Waals surface area contributed by atoms with Crippen molar-refractivity contribution >= 4 is 41.7 Å². The summed E-state index contributed by atoms with van der Waals surface area (Å²) >= 11 is 0. The van der Waals surface area contributed by atoms with Crippen LogP contribution in [0.2, 0.25) is 16.6 Å². The van der Waals surface area contributed by atoms with Crippen molar-refractivity contribution in [2.24, 2.45) is 5.41 Å². The first-order valence-electron chi connectivity index (χ1n) is 22.1. The Labute approximate surface area is 359 Å². The predicted molar refractivity (Wildman–Crippen MR) is 239 cm³/mol. The van der Waals surface area contributed by atoms with E-state index >= 15 is 4.39 Å². The minimum Gasteiger partial charge on any atom is -0.468 e. The molecule has 4 aromatic rings. The van der Waals surface area contributed by atoms with Gasteiger partial charge < -0.3 is 24.2 Å². The Hall–Kier alpha value is -4.77. The fraction of sp³-hybridized carbons (Fsp3) is 0.542. The van der Waals surface area contributed by atoms with Crippen molar-refractivity contribution in [3.8, 4) is 34.5 Å². The second kappa shape index (κ2) is 15.5. The molecule has 1 spiro atoms. The monoisotopic (exact) mass is 846 g/mol. The summed E-state index contributed by atoms with van der Waals surface area (Å²) in [6.07, 6.45) is 6.62. The van der Waals surface area contributed by atoms with Gasteiger partial charge in [-0.3, -0.25) is 14.8 Å². The van der Waals surface area contributed by atoms with Crippen LogP contribution in [0.1, 0.15) is 85.6 Å². The highest BCUT2D eigenvalue weighted by Gasteiger charge is 2.61. The van der Waals surface area contributed by atoms with E-state index in [1.807, 2.05) is 30.3 Å². The number of methoxy groups -OCH3 is 1. The van der Waals surface area contributed by atoms with Gasteiger partial charge in [0.15, 0.2) is 12.6 Å². The Balaban J connectivity index is 1.19. The first-order valence-corrected chi connectivity index (χ1v) is 24.3. The molecule has 5 aliphatic rings. The van der Waals surface area contributed by atoms with Crippen molar-refractivity contribution in [3.05, 3.63) is 60.1 Å². The van der Waals surface area contributed by atoms with Gasteiger partial charge >= 0.3 is 12.1 Å². The summed E-state index contributed by atoms with van der Waals surface area (Å²) in [6, 6.07) is 9.45. The highest BCUT2D eigenvalue weighted by molar-refractivity contribution is 6.90. The number of anilines is 1. The van der Waals surface area contributed by atoms with Gasteiger partial charge in [0.1, 0.15) is 37.5 Å². The summed E-state index contributed by atoms with van der Waals surface area (Å²) in [4.78, 5) is 33.2. The van der Waals surface area contributed by atoms with Gasteiger partial charge in [0.05, 0.1) is 23.0 Å². The molecule has 4 saturated heterocycles. The standard InChI is InChI=1S/C48H59FN6O5Si/c1-29(2)61(30(3)4,31(5)6)17-14-33-10-9-11-34-18-37(60-28-58-8)19-38(40(33)34)42-41(49)43-39(21-50-42)44(53-23-35-12-13-36(24-53)55(35)46(56)57)52-45(51-43)59-27-48-20-32(7)22-54(48)26-47(25-48)15-16-47/h9-11,18-19,21,29-31,35-36H,7,12-13,15-16,20,22-28H2,1-6,8H3,(H,56,57)/t35-,36+,48?.